The van der Waals surface area contributed by atoms with Crippen molar-refractivity contribution in [3.8, 4) is 5.75 Å². The number of benzene rings is 2. The molecule has 0 bridgehead atoms. The first kappa shape index (κ1) is 22.7. The zero-order valence-corrected chi connectivity index (χ0v) is 17.5. The quantitative estimate of drug-likeness (QED) is 0.575. The summed E-state index contributed by atoms with van der Waals surface area (Å²) in [6, 6.07) is 14.2. The van der Waals surface area contributed by atoms with Crippen molar-refractivity contribution in [1.29, 1.82) is 0 Å². The number of anilines is 2. The summed E-state index contributed by atoms with van der Waals surface area (Å²) in [5.41, 5.74) is 1.14. The van der Waals surface area contributed by atoms with Crippen LogP contribution >= 0.6 is 0 Å². The predicted molar refractivity (Wildman–Crippen MR) is 114 cm³/mol. The molecule has 2 atom stereocenters. The molecule has 0 saturated heterocycles. The number of urea groups is 1. The number of methoxy groups -OCH3 is 1. The molecular weight excluding hydrogens is 386 g/mol. The average molecular weight is 413 g/mol. The topological polar surface area (TPSA) is 106 Å². The van der Waals surface area contributed by atoms with E-state index in [-0.39, 0.29) is 5.92 Å². The largest absolute Gasteiger partial charge is 0.497 e. The molecule has 8 heteroatoms. The summed E-state index contributed by atoms with van der Waals surface area (Å²) in [6.07, 6.45) is -1.04. The van der Waals surface area contributed by atoms with Crippen LogP contribution in [0, 0.1) is 5.92 Å². The lowest BCUT2D eigenvalue weighted by molar-refractivity contribution is -0.156. The number of carbonyl (C=O) groups excluding carboxylic acids is 3. The van der Waals surface area contributed by atoms with Gasteiger partial charge in [0.1, 0.15) is 11.8 Å². The third kappa shape index (κ3) is 6.80. The number of esters is 1. The normalized spacial score (nSPS) is 12.4. The zero-order chi connectivity index (χ0) is 22.1. The predicted octanol–water partition coefficient (Wildman–Crippen LogP) is 3.41. The maximum Gasteiger partial charge on any atom is 0.329 e. The Morgan fingerprint density at radius 2 is 1.43 bits per heavy atom. The monoisotopic (exact) mass is 413 g/mol. The molecule has 0 unspecified atom stereocenters. The lowest BCUT2D eigenvalue weighted by Crippen LogP contribution is -2.48. The van der Waals surface area contributed by atoms with Gasteiger partial charge in [0.15, 0.2) is 6.10 Å². The first-order chi connectivity index (χ1) is 14.3. The van der Waals surface area contributed by atoms with Crippen LogP contribution in [0.3, 0.4) is 0 Å². The number of para-hydroxylation sites is 1. The Bertz CT molecular complexity index is 853. The van der Waals surface area contributed by atoms with Crippen molar-refractivity contribution in [2.75, 3.05) is 17.7 Å². The van der Waals surface area contributed by atoms with E-state index < -0.39 is 30.1 Å². The summed E-state index contributed by atoms with van der Waals surface area (Å²) in [5.74, 6) is -0.752. The van der Waals surface area contributed by atoms with Crippen molar-refractivity contribution in [2.45, 2.75) is 32.9 Å². The number of rotatable bonds is 8. The Kier molecular flexibility index (Phi) is 8.22. The number of nitrogens with one attached hydrogen (secondary N) is 3. The Morgan fingerprint density at radius 1 is 0.833 bits per heavy atom. The molecule has 0 spiro atoms. The summed E-state index contributed by atoms with van der Waals surface area (Å²) < 4.78 is 10.4. The summed E-state index contributed by atoms with van der Waals surface area (Å²) in [7, 11) is 1.55. The Labute approximate surface area is 175 Å². The van der Waals surface area contributed by atoms with E-state index in [0.717, 1.165) is 0 Å². The minimum Gasteiger partial charge on any atom is -0.497 e. The SMILES string of the molecule is COc1ccc(NC(=O)[C@H](C)OC(=O)[C@@H](NC(=O)Nc2ccccc2)C(C)C)cc1. The van der Waals surface area contributed by atoms with Crippen LogP contribution in [0.4, 0.5) is 16.2 Å². The van der Waals surface area contributed by atoms with Gasteiger partial charge in [-0.25, -0.2) is 9.59 Å². The van der Waals surface area contributed by atoms with Crippen molar-refractivity contribution in [1.82, 2.24) is 5.32 Å². The van der Waals surface area contributed by atoms with E-state index in [9.17, 15) is 14.4 Å². The van der Waals surface area contributed by atoms with E-state index in [0.29, 0.717) is 17.1 Å². The van der Waals surface area contributed by atoms with E-state index >= 15 is 0 Å². The molecule has 2 aromatic rings. The molecule has 8 nitrogen and oxygen atoms in total. The Hall–Kier alpha value is -3.55. The second-order valence-electron chi connectivity index (χ2n) is 6.98. The molecule has 0 saturated carbocycles. The van der Waals surface area contributed by atoms with Crippen LogP contribution in [0.2, 0.25) is 0 Å². The summed E-state index contributed by atoms with van der Waals surface area (Å²) >= 11 is 0. The van der Waals surface area contributed by atoms with Gasteiger partial charge in [-0.2, -0.15) is 0 Å². The first-order valence-electron chi connectivity index (χ1n) is 9.58. The third-order valence-electron chi connectivity index (χ3n) is 4.26. The van der Waals surface area contributed by atoms with Gasteiger partial charge in [0.2, 0.25) is 0 Å². The third-order valence-corrected chi connectivity index (χ3v) is 4.26. The van der Waals surface area contributed by atoms with Gasteiger partial charge in [0.25, 0.3) is 5.91 Å². The van der Waals surface area contributed by atoms with E-state index in [4.69, 9.17) is 9.47 Å². The number of carbonyl (C=O) groups is 3. The van der Waals surface area contributed by atoms with Crippen LogP contribution < -0.4 is 20.7 Å². The molecule has 0 aromatic heterocycles. The minimum atomic E-state index is -1.04. The fourth-order valence-electron chi connectivity index (χ4n) is 2.55. The van der Waals surface area contributed by atoms with Crippen molar-refractivity contribution in [3.63, 3.8) is 0 Å². The van der Waals surface area contributed by atoms with Crippen LogP contribution in [-0.2, 0) is 14.3 Å². The van der Waals surface area contributed by atoms with Gasteiger partial charge in [0, 0.05) is 11.4 Å². The smallest absolute Gasteiger partial charge is 0.329 e. The number of ether oxygens (including phenoxy) is 2. The molecule has 0 radical (unpaired) electrons. The lowest BCUT2D eigenvalue weighted by Gasteiger charge is -2.23. The molecule has 0 aliphatic rings. The van der Waals surface area contributed by atoms with Crippen LogP contribution in [-0.4, -0.2) is 37.2 Å². The highest BCUT2D eigenvalue weighted by atomic mass is 16.5. The first-order valence-corrected chi connectivity index (χ1v) is 9.58. The van der Waals surface area contributed by atoms with Crippen molar-refractivity contribution < 1.29 is 23.9 Å². The molecule has 3 amide bonds. The highest BCUT2D eigenvalue weighted by Gasteiger charge is 2.29. The second-order valence-corrected chi connectivity index (χ2v) is 6.98. The fourth-order valence-corrected chi connectivity index (χ4v) is 2.55. The maximum atomic E-state index is 12.6. The molecule has 2 aromatic carbocycles. The molecule has 0 heterocycles. The highest BCUT2D eigenvalue weighted by molar-refractivity contribution is 5.96. The van der Waals surface area contributed by atoms with E-state index in [1.54, 1.807) is 69.5 Å². The molecule has 0 aliphatic carbocycles. The zero-order valence-electron chi connectivity index (χ0n) is 17.5. The van der Waals surface area contributed by atoms with E-state index in [1.165, 1.54) is 6.92 Å². The summed E-state index contributed by atoms with van der Waals surface area (Å²) in [5, 5.41) is 7.92. The van der Waals surface area contributed by atoms with Gasteiger partial charge in [-0.15, -0.1) is 0 Å². The Balaban J connectivity index is 1.92. The van der Waals surface area contributed by atoms with Crippen molar-refractivity contribution >= 4 is 29.3 Å². The van der Waals surface area contributed by atoms with Gasteiger partial charge in [-0.1, -0.05) is 32.0 Å². The number of hydrogen-bond donors (Lipinski definition) is 3. The van der Waals surface area contributed by atoms with Crippen LogP contribution in [0.25, 0.3) is 0 Å². The summed E-state index contributed by atoms with van der Waals surface area (Å²) in [4.78, 5) is 37.1. The van der Waals surface area contributed by atoms with E-state index in [2.05, 4.69) is 16.0 Å². The molecule has 2 rings (SSSR count). The highest BCUT2D eigenvalue weighted by Crippen LogP contribution is 2.16. The van der Waals surface area contributed by atoms with Gasteiger partial charge in [0.05, 0.1) is 7.11 Å². The lowest BCUT2D eigenvalue weighted by atomic mass is 10.0. The maximum absolute atomic E-state index is 12.6. The van der Waals surface area contributed by atoms with Gasteiger partial charge >= 0.3 is 12.0 Å². The number of amides is 3. The molecule has 160 valence electrons. The Morgan fingerprint density at radius 3 is 2.00 bits per heavy atom. The van der Waals surface area contributed by atoms with Crippen molar-refractivity contribution in [3.05, 3.63) is 54.6 Å². The molecule has 30 heavy (non-hydrogen) atoms. The van der Waals surface area contributed by atoms with Gasteiger partial charge < -0.3 is 25.4 Å². The van der Waals surface area contributed by atoms with Gasteiger partial charge in [-0.05, 0) is 49.2 Å². The molecule has 0 fully saturated rings. The van der Waals surface area contributed by atoms with Crippen LogP contribution in [0.5, 0.6) is 5.75 Å². The molecule has 3 N–H and O–H groups in total. The average Bonchev–Trinajstić information content (AvgIpc) is 2.72. The molecule has 0 aliphatic heterocycles. The van der Waals surface area contributed by atoms with Crippen LogP contribution in [0.1, 0.15) is 20.8 Å². The van der Waals surface area contributed by atoms with Gasteiger partial charge in [-0.3, -0.25) is 4.79 Å². The fraction of sp³-hybridized carbons (Fsp3) is 0.318. The van der Waals surface area contributed by atoms with Crippen LogP contribution in [0.15, 0.2) is 54.6 Å². The molecular formula is C22H27N3O5. The summed E-state index contributed by atoms with van der Waals surface area (Å²) in [6.45, 7) is 5.02. The second kappa shape index (κ2) is 10.8. The van der Waals surface area contributed by atoms with E-state index in [1.807, 2.05) is 6.07 Å². The van der Waals surface area contributed by atoms with Crippen molar-refractivity contribution in [2.24, 2.45) is 5.92 Å². The number of hydrogen-bond acceptors (Lipinski definition) is 5. The minimum absolute atomic E-state index is 0.240. The standard InChI is InChI=1S/C22H27N3O5/c1-14(2)19(25-22(28)24-16-8-6-5-7-9-16)21(27)30-15(3)20(26)23-17-10-12-18(29-4)13-11-17/h5-15,19H,1-4H3,(H,23,26)(H2,24,25,28)/t15-,19-/m0/s1.